The summed E-state index contributed by atoms with van der Waals surface area (Å²) in [4.78, 5) is 21.0. The third-order valence-electron chi connectivity index (χ3n) is 4.73. The Morgan fingerprint density at radius 1 is 1.12 bits per heavy atom. The third kappa shape index (κ3) is 2.97. The van der Waals surface area contributed by atoms with Crippen LogP contribution in [-0.4, -0.2) is 51.7 Å². The minimum Gasteiger partial charge on any atom is -0.351 e. The molecular formula is C19H18ClN5O. The molecule has 3 heterocycles. The molecular weight excluding hydrogens is 350 g/mol. The van der Waals surface area contributed by atoms with Gasteiger partial charge in [0, 0.05) is 54.4 Å². The number of rotatable bonds is 2. The molecule has 2 aromatic heterocycles. The maximum Gasteiger partial charge on any atom is 0.254 e. The van der Waals surface area contributed by atoms with Crippen molar-refractivity contribution in [2.45, 2.75) is 13.0 Å². The molecule has 1 aromatic carbocycles. The quantitative estimate of drug-likeness (QED) is 0.696. The van der Waals surface area contributed by atoms with Crippen LogP contribution in [0.15, 0.2) is 48.8 Å². The third-order valence-corrected chi connectivity index (χ3v) is 5.00. The summed E-state index contributed by atoms with van der Waals surface area (Å²) in [5, 5.41) is 10.5. The number of aromatic nitrogens is 3. The van der Waals surface area contributed by atoms with Crippen LogP contribution in [0.3, 0.4) is 0 Å². The van der Waals surface area contributed by atoms with E-state index in [0.29, 0.717) is 30.4 Å². The van der Waals surface area contributed by atoms with Gasteiger partial charge in [0.15, 0.2) is 11.0 Å². The van der Waals surface area contributed by atoms with Crippen LogP contribution in [0.2, 0.25) is 5.15 Å². The van der Waals surface area contributed by atoms with E-state index in [-0.39, 0.29) is 11.9 Å². The maximum atomic E-state index is 12.8. The Hall–Kier alpha value is -2.73. The molecule has 0 radical (unpaired) electrons. The SMILES string of the molecule is C[C@H]1CN(c2nnc(Cl)c3ccncc23)CCN1C(=O)c1ccccc1. The van der Waals surface area contributed by atoms with E-state index < -0.39 is 0 Å². The molecule has 0 N–H and O–H groups in total. The number of pyridine rings is 1. The van der Waals surface area contributed by atoms with Crippen LogP contribution in [-0.2, 0) is 0 Å². The van der Waals surface area contributed by atoms with Gasteiger partial charge in [-0.3, -0.25) is 9.78 Å². The van der Waals surface area contributed by atoms with Gasteiger partial charge in [-0.2, -0.15) is 0 Å². The van der Waals surface area contributed by atoms with Crippen LogP contribution in [0.25, 0.3) is 10.8 Å². The molecule has 1 aliphatic heterocycles. The molecule has 6 nitrogen and oxygen atoms in total. The fraction of sp³-hybridized carbons (Fsp3) is 0.263. The van der Waals surface area contributed by atoms with Crippen LogP contribution in [0.1, 0.15) is 17.3 Å². The van der Waals surface area contributed by atoms with Gasteiger partial charge >= 0.3 is 0 Å². The molecule has 4 rings (SSSR count). The van der Waals surface area contributed by atoms with Gasteiger partial charge < -0.3 is 9.80 Å². The van der Waals surface area contributed by atoms with Gasteiger partial charge in [-0.15, -0.1) is 10.2 Å². The number of carbonyl (C=O) groups is 1. The molecule has 0 unspecified atom stereocenters. The molecule has 0 bridgehead atoms. The first kappa shape index (κ1) is 16.7. The molecule has 3 aromatic rings. The molecule has 1 atom stereocenters. The van der Waals surface area contributed by atoms with Gasteiger partial charge in [-0.1, -0.05) is 29.8 Å². The summed E-state index contributed by atoms with van der Waals surface area (Å²) >= 11 is 6.16. The molecule has 132 valence electrons. The fourth-order valence-corrected chi connectivity index (χ4v) is 3.59. The lowest BCUT2D eigenvalue weighted by atomic mass is 10.1. The first-order valence-electron chi connectivity index (χ1n) is 8.52. The molecule has 1 saturated heterocycles. The summed E-state index contributed by atoms with van der Waals surface area (Å²) in [6.07, 6.45) is 3.45. The first-order valence-corrected chi connectivity index (χ1v) is 8.90. The number of nitrogens with zero attached hydrogens (tertiary/aromatic N) is 5. The van der Waals surface area contributed by atoms with Crippen molar-refractivity contribution in [2.75, 3.05) is 24.5 Å². The van der Waals surface area contributed by atoms with Crippen molar-refractivity contribution in [3.8, 4) is 0 Å². The lowest BCUT2D eigenvalue weighted by molar-refractivity contribution is 0.0674. The maximum absolute atomic E-state index is 12.8. The van der Waals surface area contributed by atoms with Crippen molar-refractivity contribution >= 4 is 34.1 Å². The highest BCUT2D eigenvalue weighted by atomic mass is 35.5. The lowest BCUT2D eigenvalue weighted by Gasteiger charge is -2.40. The van der Waals surface area contributed by atoms with E-state index in [1.165, 1.54) is 0 Å². The zero-order valence-electron chi connectivity index (χ0n) is 14.3. The van der Waals surface area contributed by atoms with Crippen LogP contribution in [0, 0.1) is 0 Å². The number of halogens is 1. The number of hydrogen-bond acceptors (Lipinski definition) is 5. The average molecular weight is 368 g/mol. The highest BCUT2D eigenvalue weighted by Crippen LogP contribution is 2.29. The second kappa shape index (κ2) is 6.88. The number of carbonyl (C=O) groups excluding carboxylic acids is 1. The minimum atomic E-state index is 0.0562. The van der Waals surface area contributed by atoms with Crippen LogP contribution in [0.5, 0.6) is 0 Å². The number of fused-ring (bicyclic) bond motifs is 1. The summed E-state index contributed by atoms with van der Waals surface area (Å²) in [6.45, 7) is 4.04. The molecule has 1 aliphatic rings. The van der Waals surface area contributed by atoms with Crippen molar-refractivity contribution in [1.29, 1.82) is 0 Å². The number of benzene rings is 1. The number of piperazine rings is 1. The van der Waals surface area contributed by atoms with Crippen molar-refractivity contribution in [2.24, 2.45) is 0 Å². The van der Waals surface area contributed by atoms with Crippen LogP contribution >= 0.6 is 11.6 Å². The van der Waals surface area contributed by atoms with Gasteiger partial charge in [-0.25, -0.2) is 0 Å². The minimum absolute atomic E-state index is 0.0562. The van der Waals surface area contributed by atoms with E-state index in [1.807, 2.05) is 41.3 Å². The Kier molecular flexibility index (Phi) is 4.42. The Balaban J connectivity index is 1.58. The summed E-state index contributed by atoms with van der Waals surface area (Å²) in [7, 11) is 0. The summed E-state index contributed by atoms with van der Waals surface area (Å²) in [6, 6.07) is 11.3. The highest BCUT2D eigenvalue weighted by molar-refractivity contribution is 6.34. The number of hydrogen-bond donors (Lipinski definition) is 0. The van der Waals surface area contributed by atoms with Crippen molar-refractivity contribution in [3.05, 3.63) is 59.5 Å². The molecule has 1 amide bonds. The van der Waals surface area contributed by atoms with E-state index >= 15 is 0 Å². The predicted octanol–water partition coefficient (Wildman–Crippen LogP) is 3.03. The zero-order valence-corrected chi connectivity index (χ0v) is 15.1. The van der Waals surface area contributed by atoms with Crippen molar-refractivity contribution < 1.29 is 4.79 Å². The average Bonchev–Trinajstić information content (AvgIpc) is 2.69. The van der Waals surface area contributed by atoms with Gasteiger partial charge in [0.25, 0.3) is 5.91 Å². The van der Waals surface area contributed by atoms with E-state index in [2.05, 4.69) is 27.0 Å². The Labute approximate surface area is 156 Å². The fourth-order valence-electron chi connectivity index (χ4n) is 3.38. The van der Waals surface area contributed by atoms with Crippen molar-refractivity contribution in [1.82, 2.24) is 20.1 Å². The standard InChI is InChI=1S/C19H18ClN5O/c1-13-12-24(9-10-25(13)19(26)14-5-3-2-4-6-14)18-16-11-21-8-7-15(16)17(20)22-23-18/h2-8,11,13H,9-10,12H2,1H3/t13-/m0/s1. The second-order valence-corrected chi connectivity index (χ2v) is 6.75. The number of anilines is 1. The van der Waals surface area contributed by atoms with E-state index in [4.69, 9.17) is 11.6 Å². The van der Waals surface area contributed by atoms with Crippen LogP contribution < -0.4 is 4.90 Å². The number of amides is 1. The topological polar surface area (TPSA) is 62.2 Å². The van der Waals surface area contributed by atoms with Gasteiger partial charge in [0.1, 0.15) is 0 Å². The van der Waals surface area contributed by atoms with E-state index in [1.54, 1.807) is 12.4 Å². The monoisotopic (exact) mass is 367 g/mol. The Bertz CT molecular complexity index is 949. The van der Waals surface area contributed by atoms with Crippen LogP contribution in [0.4, 0.5) is 5.82 Å². The Morgan fingerprint density at radius 2 is 1.92 bits per heavy atom. The predicted molar refractivity (Wildman–Crippen MR) is 101 cm³/mol. The largest absolute Gasteiger partial charge is 0.351 e. The highest BCUT2D eigenvalue weighted by Gasteiger charge is 2.29. The van der Waals surface area contributed by atoms with Crippen molar-refractivity contribution in [3.63, 3.8) is 0 Å². The van der Waals surface area contributed by atoms with E-state index in [9.17, 15) is 4.79 Å². The van der Waals surface area contributed by atoms with Gasteiger partial charge in [0.05, 0.1) is 0 Å². The molecule has 1 fully saturated rings. The molecule has 0 aliphatic carbocycles. The first-order chi connectivity index (χ1) is 12.6. The zero-order chi connectivity index (χ0) is 18.1. The van der Waals surface area contributed by atoms with Gasteiger partial charge in [0.2, 0.25) is 0 Å². The molecule has 7 heteroatoms. The molecule has 26 heavy (non-hydrogen) atoms. The summed E-state index contributed by atoms with van der Waals surface area (Å²) in [5.74, 6) is 0.822. The second-order valence-electron chi connectivity index (χ2n) is 6.40. The molecule has 0 saturated carbocycles. The summed E-state index contributed by atoms with van der Waals surface area (Å²) in [5.41, 5.74) is 0.716. The van der Waals surface area contributed by atoms with E-state index in [0.717, 1.165) is 16.6 Å². The normalized spacial score (nSPS) is 17.5. The lowest BCUT2D eigenvalue weighted by Crippen LogP contribution is -2.54. The smallest absolute Gasteiger partial charge is 0.254 e. The van der Waals surface area contributed by atoms with Gasteiger partial charge in [-0.05, 0) is 25.1 Å². The summed E-state index contributed by atoms with van der Waals surface area (Å²) < 4.78 is 0. The molecule has 0 spiro atoms. The Morgan fingerprint density at radius 3 is 2.69 bits per heavy atom.